The molecule has 50 heavy (non-hydrogen) atoms. The van der Waals surface area contributed by atoms with E-state index >= 15 is 0 Å². The maximum absolute atomic E-state index is 13.3. The highest BCUT2D eigenvalue weighted by Gasteiger charge is 2.36. The Morgan fingerprint density at radius 2 is 1.72 bits per heavy atom. The van der Waals surface area contributed by atoms with E-state index in [4.69, 9.17) is 32.7 Å². The van der Waals surface area contributed by atoms with Crippen LogP contribution in [0.25, 0.3) is 17.2 Å². The van der Waals surface area contributed by atoms with Crippen LogP contribution in [0.1, 0.15) is 11.1 Å². The molecule has 1 fully saturated rings. The molecule has 5 aromatic rings. The number of nitrogens with one attached hydrogen (secondary N) is 1. The van der Waals surface area contributed by atoms with Gasteiger partial charge in [0.1, 0.15) is 6.54 Å². The summed E-state index contributed by atoms with van der Waals surface area (Å²) in [6.07, 6.45) is 1.50. The minimum Gasteiger partial charge on any atom is -0.493 e. The number of carbonyl (C=O) groups is 3. The lowest BCUT2D eigenvalue weighted by Gasteiger charge is -2.14. The van der Waals surface area contributed by atoms with Crippen LogP contribution >= 0.6 is 50.9 Å². The molecule has 3 amide bonds. The molecule has 6 rings (SSSR count). The molecule has 0 unspecified atom stereocenters. The Bertz CT molecular complexity index is 2370. The first-order valence-electron chi connectivity index (χ1n) is 14.6. The average Bonchev–Trinajstić information content (AvgIpc) is 3.57. The average molecular weight is 800 g/mol. The number of benzene rings is 3. The van der Waals surface area contributed by atoms with Crippen molar-refractivity contribution >= 4 is 90.9 Å². The number of imide groups is 1. The lowest BCUT2D eigenvalue weighted by atomic mass is 10.2. The summed E-state index contributed by atoms with van der Waals surface area (Å²) in [5, 5.41) is 2.86. The van der Waals surface area contributed by atoms with Crippen LogP contribution in [-0.2, 0) is 30.2 Å². The fourth-order valence-electron chi connectivity index (χ4n) is 5.09. The number of amides is 3. The number of rotatable bonds is 9. The Morgan fingerprint density at radius 1 is 0.980 bits per heavy atom. The summed E-state index contributed by atoms with van der Waals surface area (Å²) in [4.78, 5) is 69.9. The number of imidazole rings is 1. The van der Waals surface area contributed by atoms with Gasteiger partial charge in [0.05, 0.1) is 18.6 Å². The Morgan fingerprint density at radius 3 is 2.42 bits per heavy atom. The SMILES string of the molecule is COc1cc(/C=C2\SC(=O)N(CC(=O)Nc3ccc(Br)cc3)C2=O)ccc1Oc1nc2c(c(=O)n(C)c(=O)n2C)n1Cc1ccc(Cl)cc1Cl. The fourth-order valence-corrected chi connectivity index (χ4v) is 6.66. The first-order chi connectivity index (χ1) is 23.8. The van der Waals surface area contributed by atoms with Gasteiger partial charge in [-0.2, -0.15) is 4.98 Å². The van der Waals surface area contributed by atoms with Gasteiger partial charge in [0.2, 0.25) is 5.91 Å². The highest BCUT2D eigenvalue weighted by Crippen LogP contribution is 2.37. The molecule has 256 valence electrons. The van der Waals surface area contributed by atoms with Gasteiger partial charge in [-0.05, 0) is 77.5 Å². The number of carbonyl (C=O) groups excluding carboxylic acids is 3. The minimum atomic E-state index is -0.619. The first-order valence-corrected chi connectivity index (χ1v) is 17.0. The van der Waals surface area contributed by atoms with Crippen molar-refractivity contribution in [1.82, 2.24) is 23.6 Å². The van der Waals surface area contributed by atoms with Gasteiger partial charge in [-0.25, -0.2) is 4.79 Å². The highest BCUT2D eigenvalue weighted by molar-refractivity contribution is 9.10. The third kappa shape index (κ3) is 6.94. The van der Waals surface area contributed by atoms with E-state index in [1.807, 2.05) is 0 Å². The fraction of sp³-hybridized carbons (Fsp3) is 0.152. The van der Waals surface area contributed by atoms with Crippen molar-refractivity contribution in [3.63, 3.8) is 0 Å². The molecule has 0 saturated carbocycles. The van der Waals surface area contributed by atoms with E-state index < -0.39 is 34.8 Å². The minimum absolute atomic E-state index is 0.0297. The molecule has 13 nitrogen and oxygen atoms in total. The summed E-state index contributed by atoms with van der Waals surface area (Å²) in [7, 11) is 4.28. The lowest BCUT2D eigenvalue weighted by molar-refractivity contribution is -0.127. The maximum Gasteiger partial charge on any atom is 0.332 e. The molecule has 0 spiro atoms. The molecule has 0 radical (unpaired) electrons. The van der Waals surface area contributed by atoms with E-state index in [-0.39, 0.29) is 40.1 Å². The third-order valence-corrected chi connectivity index (χ3v) is 9.67. The van der Waals surface area contributed by atoms with Crippen molar-refractivity contribution in [2.45, 2.75) is 6.54 Å². The van der Waals surface area contributed by atoms with Gasteiger partial charge >= 0.3 is 11.7 Å². The molecule has 0 bridgehead atoms. The van der Waals surface area contributed by atoms with E-state index in [1.54, 1.807) is 60.7 Å². The van der Waals surface area contributed by atoms with Crippen LogP contribution in [0, 0.1) is 0 Å². The number of fused-ring (bicyclic) bond motifs is 1. The Balaban J connectivity index is 1.29. The monoisotopic (exact) mass is 798 g/mol. The summed E-state index contributed by atoms with van der Waals surface area (Å²) in [6.45, 7) is -0.405. The van der Waals surface area contributed by atoms with E-state index in [1.165, 1.54) is 36.4 Å². The smallest absolute Gasteiger partial charge is 0.332 e. The summed E-state index contributed by atoms with van der Waals surface area (Å²) in [5.74, 6) is -0.715. The number of anilines is 1. The van der Waals surface area contributed by atoms with Gasteiger partial charge < -0.3 is 14.8 Å². The molecule has 17 heteroatoms. The summed E-state index contributed by atoms with van der Waals surface area (Å²) in [6, 6.07) is 16.6. The quantitative estimate of drug-likeness (QED) is 0.177. The van der Waals surface area contributed by atoms with Gasteiger partial charge in [0.25, 0.3) is 16.7 Å². The normalized spacial score (nSPS) is 13.8. The van der Waals surface area contributed by atoms with Crippen LogP contribution in [0.15, 0.2) is 79.6 Å². The van der Waals surface area contributed by atoms with Crippen molar-refractivity contribution in [3.05, 3.63) is 112 Å². The van der Waals surface area contributed by atoms with Gasteiger partial charge in [-0.15, -0.1) is 0 Å². The van der Waals surface area contributed by atoms with Crippen LogP contribution in [0.4, 0.5) is 10.5 Å². The number of hydrogen-bond acceptors (Lipinski definition) is 9. The molecule has 0 atom stereocenters. The van der Waals surface area contributed by atoms with Gasteiger partial charge in [-0.3, -0.25) is 37.8 Å². The zero-order chi connectivity index (χ0) is 35.9. The number of methoxy groups -OCH3 is 1. The number of aromatic nitrogens is 4. The second kappa shape index (κ2) is 14.2. The van der Waals surface area contributed by atoms with Crippen molar-refractivity contribution in [1.29, 1.82) is 0 Å². The number of halogens is 3. The zero-order valence-electron chi connectivity index (χ0n) is 26.4. The van der Waals surface area contributed by atoms with Crippen LogP contribution < -0.4 is 26.0 Å². The van der Waals surface area contributed by atoms with Gasteiger partial charge in [0, 0.05) is 34.3 Å². The molecular formula is C33H25BrCl2N6O7S. The van der Waals surface area contributed by atoms with Crippen LogP contribution in [0.2, 0.25) is 10.0 Å². The van der Waals surface area contributed by atoms with Crippen molar-refractivity contribution in [2.24, 2.45) is 14.1 Å². The molecule has 1 aliphatic heterocycles. The Hall–Kier alpha value is -4.83. The van der Waals surface area contributed by atoms with Gasteiger partial charge in [0.15, 0.2) is 22.7 Å². The molecule has 1 saturated heterocycles. The van der Waals surface area contributed by atoms with Crippen molar-refractivity contribution in [3.8, 4) is 17.5 Å². The second-order valence-corrected chi connectivity index (χ2v) is 13.7. The van der Waals surface area contributed by atoms with Crippen molar-refractivity contribution in [2.75, 3.05) is 19.0 Å². The van der Waals surface area contributed by atoms with E-state index in [0.717, 1.165) is 13.9 Å². The van der Waals surface area contributed by atoms with Crippen LogP contribution in [0.5, 0.6) is 17.5 Å². The molecular weight excluding hydrogens is 775 g/mol. The summed E-state index contributed by atoms with van der Waals surface area (Å²) < 4.78 is 16.3. The van der Waals surface area contributed by atoms with E-state index in [9.17, 15) is 24.0 Å². The number of nitrogens with zero attached hydrogens (tertiary/aromatic N) is 5. The number of thioether (sulfide) groups is 1. The topological polar surface area (TPSA) is 147 Å². The molecule has 1 aliphatic rings. The van der Waals surface area contributed by atoms with Crippen LogP contribution in [-0.4, -0.2) is 54.3 Å². The van der Waals surface area contributed by atoms with E-state index in [0.29, 0.717) is 38.6 Å². The Kier molecular flexibility index (Phi) is 9.94. The first kappa shape index (κ1) is 35.0. The van der Waals surface area contributed by atoms with Crippen molar-refractivity contribution < 1.29 is 23.9 Å². The summed E-state index contributed by atoms with van der Waals surface area (Å²) in [5.41, 5.74) is 0.667. The zero-order valence-corrected chi connectivity index (χ0v) is 30.3. The Labute approximate surface area is 306 Å². The number of hydrogen-bond donors (Lipinski definition) is 1. The molecule has 1 N–H and O–H groups in total. The summed E-state index contributed by atoms with van der Waals surface area (Å²) >= 11 is 16.6. The predicted octanol–water partition coefficient (Wildman–Crippen LogP) is 6.03. The second-order valence-electron chi connectivity index (χ2n) is 10.9. The predicted molar refractivity (Wildman–Crippen MR) is 194 cm³/mol. The molecule has 3 heterocycles. The van der Waals surface area contributed by atoms with Crippen LogP contribution in [0.3, 0.4) is 0 Å². The highest BCUT2D eigenvalue weighted by atomic mass is 79.9. The largest absolute Gasteiger partial charge is 0.493 e. The van der Waals surface area contributed by atoms with Gasteiger partial charge in [-0.1, -0.05) is 51.3 Å². The number of aryl methyl sites for hydroxylation is 1. The molecule has 3 aromatic carbocycles. The lowest BCUT2D eigenvalue weighted by Crippen LogP contribution is -2.37. The molecule has 2 aromatic heterocycles. The molecule has 0 aliphatic carbocycles. The number of ether oxygens (including phenoxy) is 2. The maximum atomic E-state index is 13.3. The standard InChI is InChI=1S/C33H25BrCl2N6O7S/c1-39-28-27(30(45)40(2)32(39)46)41(15-18-5-8-20(35)14-22(18)36)31(38-28)49-23-11-4-17(12-24(23)48-3)13-25-29(44)42(33(47)50-25)16-26(43)37-21-9-6-19(34)7-10-21/h4-14H,15-16H2,1-3H3,(H,37,43)/b25-13-. The third-order valence-electron chi connectivity index (χ3n) is 7.65. The van der Waals surface area contributed by atoms with E-state index in [2.05, 4.69) is 26.2 Å².